The Morgan fingerprint density at radius 1 is 0.949 bits per heavy atom. The number of hydrogen-bond acceptors (Lipinski definition) is 13. The van der Waals surface area contributed by atoms with Crippen LogP contribution in [0.1, 0.15) is 34.8 Å². The lowest BCUT2D eigenvalue weighted by atomic mass is 10.0. The molecule has 0 radical (unpaired) electrons. The van der Waals surface area contributed by atoms with Crippen LogP contribution in [-0.2, 0) is 23.2 Å². The topological polar surface area (TPSA) is 194 Å². The number of ether oxygens (including phenoxy) is 1. The highest BCUT2D eigenvalue weighted by Gasteiger charge is 2.35. The van der Waals surface area contributed by atoms with Crippen LogP contribution in [0.5, 0.6) is 5.75 Å². The molecule has 3 amide bonds. The van der Waals surface area contributed by atoms with Crippen LogP contribution in [0.15, 0.2) is 84.2 Å². The molecule has 2 aromatic carbocycles. The molecule has 6 heterocycles. The third kappa shape index (κ3) is 7.52. The van der Waals surface area contributed by atoms with Crippen molar-refractivity contribution >= 4 is 57.5 Å². The fourth-order valence-corrected chi connectivity index (χ4v) is 7.54. The van der Waals surface area contributed by atoms with E-state index >= 15 is 0 Å². The smallest absolute Gasteiger partial charge is 0.329 e. The van der Waals surface area contributed by atoms with Gasteiger partial charge in [-0.3, -0.25) is 33.7 Å². The van der Waals surface area contributed by atoms with E-state index in [9.17, 15) is 23.6 Å². The van der Waals surface area contributed by atoms with Crippen molar-refractivity contribution in [2.45, 2.75) is 31.5 Å². The number of aryl methyl sites for hydroxylation is 1. The summed E-state index contributed by atoms with van der Waals surface area (Å²) in [6, 6.07) is 16.1. The van der Waals surface area contributed by atoms with Gasteiger partial charge in [0.15, 0.2) is 17.4 Å². The number of halogens is 1. The van der Waals surface area contributed by atoms with Crippen LogP contribution in [0.3, 0.4) is 0 Å². The van der Waals surface area contributed by atoms with Gasteiger partial charge in [0, 0.05) is 64.7 Å². The van der Waals surface area contributed by atoms with Gasteiger partial charge in [-0.05, 0) is 49.4 Å². The van der Waals surface area contributed by atoms with Gasteiger partial charge in [0.1, 0.15) is 17.7 Å². The van der Waals surface area contributed by atoms with Crippen molar-refractivity contribution in [1.82, 2.24) is 44.6 Å². The summed E-state index contributed by atoms with van der Waals surface area (Å²) >= 11 is 0. The molecule has 18 heteroatoms. The SMILES string of the molecule is CNC(=O)c1cnc(Nc2ccc(CN(C)C3CN(c4cccc5c4n(C)c(=O)n5C4CCC(=O)NC4=O)C3)cn2)cc1Nc1cccc(-c2ncc(F)cn2)c1OC. The van der Waals surface area contributed by atoms with Gasteiger partial charge in [-0.2, -0.15) is 0 Å². The number of likely N-dealkylation sites (N-methyl/N-ethyl adjacent to an activating group) is 1. The number of nitrogens with one attached hydrogen (secondary N) is 4. The van der Waals surface area contributed by atoms with Crippen molar-refractivity contribution in [3.8, 4) is 17.1 Å². The second kappa shape index (κ2) is 16.0. The highest BCUT2D eigenvalue weighted by molar-refractivity contribution is 6.01. The number of imidazole rings is 1. The number of benzene rings is 2. The number of carbonyl (C=O) groups excluding carboxylic acids is 3. The number of aromatic nitrogens is 6. The number of piperidine rings is 1. The number of anilines is 5. The number of methoxy groups -OCH3 is 1. The maximum Gasteiger partial charge on any atom is 0.329 e. The largest absolute Gasteiger partial charge is 0.494 e. The number of carbonyl (C=O) groups is 3. The summed E-state index contributed by atoms with van der Waals surface area (Å²) in [7, 11) is 6.81. The number of nitrogens with zero attached hydrogens (tertiary/aromatic N) is 8. The van der Waals surface area contributed by atoms with Crippen LogP contribution in [0, 0.1) is 5.82 Å². The predicted molar refractivity (Wildman–Crippen MR) is 218 cm³/mol. The summed E-state index contributed by atoms with van der Waals surface area (Å²) in [6.07, 6.45) is 5.89. The first-order valence-corrected chi connectivity index (χ1v) is 18.9. The fourth-order valence-electron chi connectivity index (χ4n) is 7.54. The molecule has 0 spiro atoms. The molecule has 4 N–H and O–H groups in total. The first-order valence-electron chi connectivity index (χ1n) is 18.9. The van der Waals surface area contributed by atoms with E-state index in [0.717, 1.165) is 42.3 Å². The summed E-state index contributed by atoms with van der Waals surface area (Å²) in [5.74, 6) is -0.0363. The van der Waals surface area contributed by atoms with Crippen molar-refractivity contribution in [3.63, 3.8) is 0 Å². The van der Waals surface area contributed by atoms with Crippen LogP contribution < -0.4 is 36.6 Å². The first-order chi connectivity index (χ1) is 28.5. The van der Waals surface area contributed by atoms with Gasteiger partial charge < -0.3 is 25.6 Å². The molecule has 2 aliphatic heterocycles. The van der Waals surface area contributed by atoms with E-state index in [-0.39, 0.29) is 47.8 Å². The van der Waals surface area contributed by atoms with E-state index in [1.165, 1.54) is 24.9 Å². The monoisotopic (exact) mass is 800 g/mol. The van der Waals surface area contributed by atoms with Crippen molar-refractivity contribution < 1.29 is 23.5 Å². The van der Waals surface area contributed by atoms with E-state index in [1.807, 2.05) is 30.3 Å². The number of fused-ring (bicyclic) bond motifs is 1. The minimum absolute atomic E-state index is 0.184. The molecule has 6 aromatic rings. The predicted octanol–water partition coefficient (Wildman–Crippen LogP) is 3.88. The van der Waals surface area contributed by atoms with Crippen LogP contribution in [0.2, 0.25) is 0 Å². The molecular formula is C41H41FN12O5. The van der Waals surface area contributed by atoms with Gasteiger partial charge >= 0.3 is 5.69 Å². The van der Waals surface area contributed by atoms with Crippen molar-refractivity contribution in [1.29, 1.82) is 0 Å². The Labute approximate surface area is 337 Å². The molecule has 2 aliphatic rings. The Kier molecular flexibility index (Phi) is 10.5. The van der Waals surface area contributed by atoms with E-state index in [1.54, 1.807) is 42.1 Å². The van der Waals surface area contributed by atoms with Crippen molar-refractivity contribution in [2.24, 2.45) is 7.05 Å². The molecule has 1 atom stereocenters. The normalized spacial score (nSPS) is 15.6. The highest BCUT2D eigenvalue weighted by atomic mass is 19.1. The average molecular weight is 801 g/mol. The minimum Gasteiger partial charge on any atom is -0.494 e. The Balaban J connectivity index is 0.932. The summed E-state index contributed by atoms with van der Waals surface area (Å²) in [6.45, 7) is 2.13. The second-order valence-electron chi connectivity index (χ2n) is 14.4. The minimum atomic E-state index is -0.740. The lowest BCUT2D eigenvalue weighted by Crippen LogP contribution is -2.58. The molecule has 302 valence electrons. The lowest BCUT2D eigenvalue weighted by Gasteiger charge is -2.45. The van der Waals surface area contributed by atoms with Gasteiger partial charge in [0.25, 0.3) is 5.91 Å². The molecule has 0 aliphatic carbocycles. The molecule has 0 bridgehead atoms. The maximum atomic E-state index is 13.5. The van der Waals surface area contributed by atoms with E-state index < -0.39 is 17.8 Å². The van der Waals surface area contributed by atoms with Gasteiger partial charge in [-0.15, -0.1) is 0 Å². The number of amides is 3. The molecule has 2 saturated heterocycles. The molecule has 2 fully saturated rings. The summed E-state index contributed by atoms with van der Waals surface area (Å²) < 4.78 is 22.3. The van der Waals surface area contributed by atoms with Crippen LogP contribution in [0.4, 0.5) is 33.1 Å². The Bertz CT molecular complexity index is 2640. The Morgan fingerprint density at radius 2 is 1.71 bits per heavy atom. The average Bonchev–Trinajstić information content (AvgIpc) is 3.47. The van der Waals surface area contributed by atoms with Crippen molar-refractivity contribution in [3.05, 3.63) is 107 Å². The summed E-state index contributed by atoms with van der Waals surface area (Å²) in [4.78, 5) is 72.5. The molecule has 1 unspecified atom stereocenters. The van der Waals surface area contributed by atoms with E-state index in [2.05, 4.69) is 58.1 Å². The van der Waals surface area contributed by atoms with Gasteiger partial charge in [-0.1, -0.05) is 18.2 Å². The molecule has 0 saturated carbocycles. The third-order valence-electron chi connectivity index (χ3n) is 10.7. The van der Waals surface area contributed by atoms with Gasteiger partial charge in [0.2, 0.25) is 11.8 Å². The van der Waals surface area contributed by atoms with Crippen LogP contribution in [-0.4, -0.2) is 92.0 Å². The van der Waals surface area contributed by atoms with Crippen molar-refractivity contribution in [2.75, 3.05) is 49.8 Å². The highest BCUT2D eigenvalue weighted by Crippen LogP contribution is 2.38. The number of imide groups is 1. The fraction of sp³-hybridized carbons (Fsp3) is 0.268. The van der Waals surface area contributed by atoms with Gasteiger partial charge in [0.05, 0.1) is 58.7 Å². The van der Waals surface area contributed by atoms with E-state index in [4.69, 9.17) is 4.74 Å². The van der Waals surface area contributed by atoms with Crippen LogP contribution >= 0.6 is 0 Å². The zero-order valence-corrected chi connectivity index (χ0v) is 32.7. The number of rotatable bonds is 12. The lowest BCUT2D eigenvalue weighted by molar-refractivity contribution is -0.135. The Morgan fingerprint density at radius 3 is 2.42 bits per heavy atom. The summed E-state index contributed by atoms with van der Waals surface area (Å²) in [5.41, 5.74) is 4.82. The summed E-state index contributed by atoms with van der Waals surface area (Å²) in [5, 5.41) is 11.5. The molecule has 4 aromatic heterocycles. The molecular weight excluding hydrogens is 760 g/mol. The second-order valence-corrected chi connectivity index (χ2v) is 14.4. The zero-order chi connectivity index (χ0) is 41.4. The maximum absolute atomic E-state index is 13.5. The number of hydrogen-bond donors (Lipinski definition) is 4. The first kappa shape index (κ1) is 38.7. The number of pyridine rings is 2. The Hall–Kier alpha value is -7.21. The molecule has 8 rings (SSSR count). The molecule has 59 heavy (non-hydrogen) atoms. The standard InChI is InChI=1S/C41H41FN12O5/c1-43-39(56)27-19-45-34(15-29(27)48-28-8-5-7-26(37(28)59-4)38-46-17-24(42)18-47-38)49-33-13-11-23(16-44-33)20-51(2)25-21-53(22-25)30-9-6-10-31-36(30)52(3)41(58)54(31)32-12-14-35(55)50-40(32)57/h5-11,13,15-19,25,32H,12,14,20-22H2,1-4H3,(H,43,56)(H,50,55,57)(H2,44,45,48,49). The molecule has 17 nitrogen and oxygen atoms in total. The van der Waals surface area contributed by atoms with E-state index in [0.29, 0.717) is 46.4 Å². The quantitative estimate of drug-likeness (QED) is 0.131. The zero-order valence-electron chi connectivity index (χ0n) is 32.7. The third-order valence-corrected chi connectivity index (χ3v) is 10.7. The van der Waals surface area contributed by atoms with Crippen LogP contribution in [0.25, 0.3) is 22.4 Å². The van der Waals surface area contributed by atoms with Gasteiger partial charge in [-0.25, -0.2) is 29.1 Å². The number of para-hydroxylation sites is 2.